The lowest BCUT2D eigenvalue weighted by atomic mass is 10.1. The van der Waals surface area contributed by atoms with Crippen LogP contribution in [-0.4, -0.2) is 33.9 Å². The first kappa shape index (κ1) is 18.2. The maximum atomic E-state index is 12.0. The number of esters is 1. The number of thioether (sulfide) groups is 1. The molecule has 1 aromatic carbocycles. The fourth-order valence-corrected chi connectivity index (χ4v) is 3.17. The maximum absolute atomic E-state index is 12.0. The molecule has 0 spiro atoms. The molecule has 0 aliphatic heterocycles. The molecule has 1 amide bonds. The first-order valence-corrected chi connectivity index (χ1v) is 9.09. The number of nitrogens with two attached hydrogens (primary N) is 1. The van der Waals surface area contributed by atoms with Gasteiger partial charge in [-0.2, -0.15) is 0 Å². The van der Waals surface area contributed by atoms with Crippen molar-refractivity contribution in [2.75, 3.05) is 16.8 Å². The molecule has 0 bridgehead atoms. The van der Waals surface area contributed by atoms with Crippen molar-refractivity contribution in [2.24, 2.45) is 0 Å². The maximum Gasteiger partial charge on any atom is 0.317 e. The summed E-state index contributed by atoms with van der Waals surface area (Å²) in [5, 5.41) is 10.5. The van der Waals surface area contributed by atoms with Crippen LogP contribution in [0.25, 0.3) is 0 Å². The number of aromatic nitrogens is 2. The summed E-state index contributed by atoms with van der Waals surface area (Å²) in [7, 11) is 0. The van der Waals surface area contributed by atoms with Crippen LogP contribution in [0.5, 0.6) is 0 Å². The van der Waals surface area contributed by atoms with E-state index >= 15 is 0 Å². The van der Waals surface area contributed by atoms with Crippen LogP contribution in [0.4, 0.5) is 10.8 Å². The molecule has 3 N–H and O–H groups in total. The third-order valence-corrected chi connectivity index (χ3v) is 4.90. The minimum absolute atomic E-state index is 0.0391. The van der Waals surface area contributed by atoms with E-state index in [2.05, 4.69) is 22.4 Å². The fraction of sp³-hybridized carbons (Fsp3) is 0.333. The van der Waals surface area contributed by atoms with Crippen molar-refractivity contribution in [1.82, 2.24) is 10.2 Å². The van der Waals surface area contributed by atoms with E-state index in [1.807, 2.05) is 24.3 Å². The molecule has 0 fully saturated rings. The van der Waals surface area contributed by atoms with Gasteiger partial charge in [0.05, 0.1) is 5.75 Å². The third kappa shape index (κ3) is 5.50. The van der Waals surface area contributed by atoms with Gasteiger partial charge in [-0.1, -0.05) is 42.2 Å². The molecule has 1 heterocycles. The second-order valence-corrected chi connectivity index (χ2v) is 7.10. The van der Waals surface area contributed by atoms with E-state index in [0.29, 0.717) is 15.2 Å². The Morgan fingerprint density at radius 1 is 1.33 bits per heavy atom. The number of nitrogens with zero attached hydrogens (tertiary/aromatic N) is 2. The summed E-state index contributed by atoms with van der Waals surface area (Å²) in [4.78, 5) is 23.8. The van der Waals surface area contributed by atoms with E-state index in [1.54, 1.807) is 0 Å². The second-order valence-electron chi connectivity index (χ2n) is 4.87. The summed E-state index contributed by atoms with van der Waals surface area (Å²) < 4.78 is 5.69. The zero-order valence-electron chi connectivity index (χ0n) is 13.3. The summed E-state index contributed by atoms with van der Waals surface area (Å²) >= 11 is 2.36. The SMILES string of the molecule is CCc1ccc(NC(=O)C(C)OC(=O)CSc2nnc(N)s2)cc1. The number of amides is 1. The molecule has 2 rings (SSSR count). The van der Waals surface area contributed by atoms with Crippen molar-refractivity contribution in [3.8, 4) is 0 Å². The van der Waals surface area contributed by atoms with Crippen LogP contribution in [0.1, 0.15) is 19.4 Å². The number of ether oxygens (including phenoxy) is 1. The lowest BCUT2D eigenvalue weighted by Gasteiger charge is -2.13. The number of carbonyl (C=O) groups is 2. The number of rotatable bonds is 7. The number of hydrogen-bond donors (Lipinski definition) is 2. The highest BCUT2D eigenvalue weighted by atomic mass is 32.2. The highest BCUT2D eigenvalue weighted by molar-refractivity contribution is 8.01. The van der Waals surface area contributed by atoms with Crippen LogP contribution >= 0.6 is 23.1 Å². The average molecular weight is 366 g/mol. The number of nitrogen functional groups attached to an aromatic ring is 1. The molecule has 1 unspecified atom stereocenters. The Hall–Kier alpha value is -2.13. The van der Waals surface area contributed by atoms with Gasteiger partial charge in [0.25, 0.3) is 5.91 Å². The number of anilines is 2. The molecule has 9 heteroatoms. The standard InChI is InChI=1S/C15H18N4O3S2/c1-3-10-4-6-11(7-5-10)17-13(21)9(2)22-12(20)8-23-15-19-18-14(16)24-15/h4-7,9H,3,8H2,1-2H3,(H2,16,18)(H,17,21). The van der Waals surface area contributed by atoms with Crippen LogP contribution in [0.3, 0.4) is 0 Å². The van der Waals surface area contributed by atoms with Crippen LogP contribution in [0.2, 0.25) is 0 Å². The largest absolute Gasteiger partial charge is 0.452 e. The van der Waals surface area contributed by atoms with Gasteiger partial charge in [-0.25, -0.2) is 0 Å². The second kappa shape index (κ2) is 8.65. The molecule has 0 aliphatic carbocycles. The van der Waals surface area contributed by atoms with Gasteiger partial charge >= 0.3 is 5.97 Å². The molecule has 2 aromatic rings. The first-order chi connectivity index (χ1) is 11.5. The predicted molar refractivity (Wildman–Crippen MR) is 95.0 cm³/mol. The number of hydrogen-bond acceptors (Lipinski definition) is 8. The molecule has 0 aliphatic rings. The number of benzene rings is 1. The van der Waals surface area contributed by atoms with Crippen molar-refractivity contribution in [3.05, 3.63) is 29.8 Å². The lowest BCUT2D eigenvalue weighted by molar-refractivity contribution is -0.150. The molecule has 0 saturated heterocycles. The molecule has 128 valence electrons. The van der Waals surface area contributed by atoms with Gasteiger partial charge in [0.2, 0.25) is 5.13 Å². The minimum atomic E-state index is -0.886. The number of nitrogens with one attached hydrogen (secondary N) is 1. The van der Waals surface area contributed by atoms with Gasteiger partial charge < -0.3 is 15.8 Å². The zero-order valence-corrected chi connectivity index (χ0v) is 14.9. The van der Waals surface area contributed by atoms with Crippen molar-refractivity contribution >= 4 is 45.8 Å². The van der Waals surface area contributed by atoms with E-state index in [9.17, 15) is 9.59 Å². The van der Waals surface area contributed by atoms with Gasteiger partial charge in [-0.3, -0.25) is 9.59 Å². The van der Waals surface area contributed by atoms with E-state index in [-0.39, 0.29) is 11.7 Å². The smallest absolute Gasteiger partial charge is 0.317 e. The van der Waals surface area contributed by atoms with Crippen molar-refractivity contribution in [3.63, 3.8) is 0 Å². The molecule has 0 radical (unpaired) electrons. The normalized spacial score (nSPS) is 11.8. The Labute approximate surface area is 148 Å². The average Bonchev–Trinajstić information content (AvgIpc) is 2.99. The van der Waals surface area contributed by atoms with Crippen molar-refractivity contribution in [2.45, 2.75) is 30.7 Å². The number of aryl methyl sites for hydroxylation is 1. The molecule has 7 nitrogen and oxygen atoms in total. The Morgan fingerprint density at radius 3 is 2.62 bits per heavy atom. The molecular weight excluding hydrogens is 348 g/mol. The first-order valence-electron chi connectivity index (χ1n) is 7.29. The van der Waals surface area contributed by atoms with E-state index < -0.39 is 12.1 Å². The molecular formula is C15H18N4O3S2. The molecule has 24 heavy (non-hydrogen) atoms. The Kier molecular flexibility index (Phi) is 6.56. The van der Waals surface area contributed by atoms with E-state index in [4.69, 9.17) is 10.5 Å². The Bertz CT molecular complexity index is 703. The van der Waals surface area contributed by atoms with Gasteiger partial charge in [0, 0.05) is 5.69 Å². The summed E-state index contributed by atoms with van der Waals surface area (Å²) in [5.41, 5.74) is 7.31. The van der Waals surface area contributed by atoms with Crippen LogP contribution in [0.15, 0.2) is 28.6 Å². The summed E-state index contributed by atoms with van der Waals surface area (Å²) in [6, 6.07) is 7.52. The lowest BCUT2D eigenvalue weighted by Crippen LogP contribution is -2.30. The van der Waals surface area contributed by atoms with E-state index in [1.165, 1.54) is 35.6 Å². The highest BCUT2D eigenvalue weighted by Gasteiger charge is 2.18. The van der Waals surface area contributed by atoms with Crippen molar-refractivity contribution in [1.29, 1.82) is 0 Å². The summed E-state index contributed by atoms with van der Waals surface area (Å²) in [5.74, 6) is -0.840. The molecule has 1 atom stereocenters. The topological polar surface area (TPSA) is 107 Å². The fourth-order valence-electron chi connectivity index (χ4n) is 1.75. The van der Waals surface area contributed by atoms with Crippen LogP contribution in [-0.2, 0) is 20.7 Å². The quantitative estimate of drug-likeness (QED) is 0.572. The highest BCUT2D eigenvalue weighted by Crippen LogP contribution is 2.23. The summed E-state index contributed by atoms with van der Waals surface area (Å²) in [6.45, 7) is 3.59. The minimum Gasteiger partial charge on any atom is -0.452 e. The molecule has 1 aromatic heterocycles. The zero-order chi connectivity index (χ0) is 17.5. The van der Waals surface area contributed by atoms with Gasteiger partial charge in [0.15, 0.2) is 10.4 Å². The Morgan fingerprint density at radius 2 is 2.04 bits per heavy atom. The van der Waals surface area contributed by atoms with Gasteiger partial charge in [0.1, 0.15) is 0 Å². The van der Waals surface area contributed by atoms with Gasteiger partial charge in [-0.15, -0.1) is 10.2 Å². The number of carbonyl (C=O) groups excluding carboxylic acids is 2. The predicted octanol–water partition coefficient (Wildman–Crippen LogP) is 2.35. The van der Waals surface area contributed by atoms with Crippen LogP contribution in [0, 0.1) is 0 Å². The monoisotopic (exact) mass is 366 g/mol. The Balaban J connectivity index is 1.78. The van der Waals surface area contributed by atoms with Gasteiger partial charge in [-0.05, 0) is 31.0 Å². The summed E-state index contributed by atoms with van der Waals surface area (Å²) in [6.07, 6.45) is 0.0450. The molecule has 0 saturated carbocycles. The van der Waals surface area contributed by atoms with Crippen molar-refractivity contribution < 1.29 is 14.3 Å². The third-order valence-electron chi connectivity index (χ3n) is 3.04. The van der Waals surface area contributed by atoms with E-state index in [0.717, 1.165) is 6.42 Å². The van der Waals surface area contributed by atoms with Crippen LogP contribution < -0.4 is 11.1 Å².